The highest BCUT2D eigenvalue weighted by molar-refractivity contribution is 5.06. The summed E-state index contributed by atoms with van der Waals surface area (Å²) in [5.74, 6) is 1.53. The topological polar surface area (TPSA) is 67.5 Å². The monoisotopic (exact) mass is 270 g/mol. The Morgan fingerprint density at radius 2 is 2.05 bits per heavy atom. The molecule has 5 heteroatoms. The number of hydrogen-bond donors (Lipinski definition) is 2. The molecule has 0 fully saturated rings. The summed E-state index contributed by atoms with van der Waals surface area (Å²) in [4.78, 5) is 4.27. The maximum absolute atomic E-state index is 9.10. The Hall–Kier alpha value is -0.910. The lowest BCUT2D eigenvalue weighted by atomic mass is 9.94. The van der Waals surface area contributed by atoms with Gasteiger partial charge in [-0.05, 0) is 13.3 Å². The van der Waals surface area contributed by atoms with Crippen molar-refractivity contribution in [2.24, 2.45) is 0 Å². The van der Waals surface area contributed by atoms with E-state index < -0.39 is 0 Å². The summed E-state index contributed by atoms with van der Waals surface area (Å²) in [5, 5.41) is 12.4. The van der Waals surface area contributed by atoms with Gasteiger partial charge in [0.25, 0.3) is 0 Å². The van der Waals surface area contributed by atoms with Crippen LogP contribution in [0.2, 0.25) is 0 Å². The van der Waals surface area contributed by atoms with Crippen molar-refractivity contribution in [2.45, 2.75) is 51.6 Å². The molecule has 0 bridgehead atoms. The van der Waals surface area contributed by atoms with Crippen molar-refractivity contribution in [3.8, 4) is 0 Å². The Morgan fingerprint density at radius 3 is 2.53 bits per heavy atom. The molecule has 0 amide bonds. The van der Waals surface area contributed by atoms with Gasteiger partial charge in [0.05, 0.1) is 19.3 Å². The summed E-state index contributed by atoms with van der Waals surface area (Å²) < 4.78 is 10.9. The van der Waals surface area contributed by atoms with Crippen molar-refractivity contribution in [1.29, 1.82) is 0 Å². The van der Waals surface area contributed by atoms with Crippen molar-refractivity contribution >= 4 is 0 Å². The van der Waals surface area contributed by atoms with Gasteiger partial charge >= 0.3 is 0 Å². The molecule has 1 rings (SSSR count). The molecule has 1 atom stereocenters. The maximum atomic E-state index is 9.10. The minimum absolute atomic E-state index is 0.0355. The molecule has 0 aliphatic heterocycles. The molecule has 2 N–H and O–H groups in total. The van der Waals surface area contributed by atoms with Gasteiger partial charge in [-0.3, -0.25) is 0 Å². The predicted octanol–water partition coefficient (Wildman–Crippen LogP) is 1.85. The number of aliphatic hydroxyl groups is 1. The molecule has 0 spiro atoms. The van der Waals surface area contributed by atoms with Gasteiger partial charge in [-0.2, -0.15) is 0 Å². The summed E-state index contributed by atoms with van der Waals surface area (Å²) in [6.45, 7) is 9.45. The molecule has 0 aliphatic rings. The van der Waals surface area contributed by atoms with E-state index in [1.54, 1.807) is 13.3 Å². The number of ether oxygens (including phenoxy) is 1. The minimum atomic E-state index is -0.278. The van der Waals surface area contributed by atoms with Crippen LogP contribution in [0.1, 0.15) is 45.8 Å². The summed E-state index contributed by atoms with van der Waals surface area (Å²) >= 11 is 0. The zero-order chi connectivity index (χ0) is 14.5. The molecular formula is C14H26N2O3. The molecular weight excluding hydrogens is 244 g/mol. The van der Waals surface area contributed by atoms with Gasteiger partial charge in [-0.1, -0.05) is 20.8 Å². The van der Waals surface area contributed by atoms with E-state index in [4.69, 9.17) is 14.3 Å². The molecule has 0 saturated carbocycles. The van der Waals surface area contributed by atoms with Gasteiger partial charge in [0, 0.05) is 24.7 Å². The number of nitrogens with one attached hydrogen (secondary N) is 1. The fraction of sp³-hybridized carbons (Fsp3) is 0.786. The van der Waals surface area contributed by atoms with Gasteiger partial charge in [0.2, 0.25) is 5.89 Å². The highest BCUT2D eigenvalue weighted by Crippen LogP contribution is 2.22. The van der Waals surface area contributed by atoms with Crippen LogP contribution in [0.3, 0.4) is 0 Å². The molecule has 0 aromatic carbocycles. The van der Waals surface area contributed by atoms with E-state index >= 15 is 0 Å². The van der Waals surface area contributed by atoms with Crippen LogP contribution >= 0.6 is 0 Å². The van der Waals surface area contributed by atoms with Gasteiger partial charge in [0.15, 0.2) is 0 Å². The first-order valence-corrected chi connectivity index (χ1v) is 6.61. The van der Waals surface area contributed by atoms with Crippen LogP contribution in [0, 0.1) is 0 Å². The van der Waals surface area contributed by atoms with E-state index in [1.807, 2.05) is 6.92 Å². The number of methoxy groups -OCH3 is 1. The van der Waals surface area contributed by atoms with Crippen molar-refractivity contribution in [1.82, 2.24) is 10.3 Å². The molecule has 0 radical (unpaired) electrons. The number of rotatable bonds is 7. The summed E-state index contributed by atoms with van der Waals surface area (Å²) in [6.07, 6.45) is 2.39. The van der Waals surface area contributed by atoms with E-state index in [0.717, 1.165) is 5.76 Å². The van der Waals surface area contributed by atoms with E-state index in [9.17, 15) is 0 Å². The highest BCUT2D eigenvalue weighted by atomic mass is 16.5. The molecule has 1 unspecified atom stereocenters. The van der Waals surface area contributed by atoms with Crippen molar-refractivity contribution in [3.05, 3.63) is 17.8 Å². The van der Waals surface area contributed by atoms with E-state index in [0.29, 0.717) is 25.5 Å². The van der Waals surface area contributed by atoms with Gasteiger partial charge < -0.3 is 19.6 Å². The van der Waals surface area contributed by atoms with Crippen LogP contribution in [0.15, 0.2) is 10.6 Å². The molecule has 1 heterocycles. The molecule has 5 nitrogen and oxygen atoms in total. The second-order valence-corrected chi connectivity index (χ2v) is 6.19. The van der Waals surface area contributed by atoms with Crippen molar-refractivity contribution in [3.63, 3.8) is 0 Å². The van der Waals surface area contributed by atoms with Crippen LogP contribution in [0.5, 0.6) is 0 Å². The van der Waals surface area contributed by atoms with Gasteiger partial charge in [-0.25, -0.2) is 4.98 Å². The number of oxazole rings is 1. The first-order chi connectivity index (χ1) is 8.80. The van der Waals surface area contributed by atoms with E-state index in [1.165, 1.54) is 0 Å². The van der Waals surface area contributed by atoms with Gasteiger partial charge in [-0.15, -0.1) is 0 Å². The van der Waals surface area contributed by atoms with E-state index in [2.05, 4.69) is 31.1 Å². The molecule has 1 aromatic heterocycles. The Kier molecular flexibility index (Phi) is 5.52. The summed E-state index contributed by atoms with van der Waals surface area (Å²) in [6, 6.07) is 0. The fourth-order valence-corrected chi connectivity index (χ4v) is 1.80. The number of hydrogen-bond acceptors (Lipinski definition) is 5. The first-order valence-electron chi connectivity index (χ1n) is 6.61. The van der Waals surface area contributed by atoms with Crippen LogP contribution in [0.4, 0.5) is 0 Å². The normalized spacial score (nSPS) is 15.5. The highest BCUT2D eigenvalue weighted by Gasteiger charge is 2.24. The Balaban J connectivity index is 2.62. The second-order valence-electron chi connectivity index (χ2n) is 6.19. The quantitative estimate of drug-likeness (QED) is 0.791. The summed E-state index contributed by atoms with van der Waals surface area (Å²) in [7, 11) is 1.65. The largest absolute Gasteiger partial charge is 0.444 e. The summed E-state index contributed by atoms with van der Waals surface area (Å²) in [5.41, 5.74) is -0.313. The maximum Gasteiger partial charge on any atom is 0.208 e. The molecule has 110 valence electrons. The average Bonchev–Trinajstić information content (AvgIpc) is 2.75. The third-order valence-corrected chi connectivity index (χ3v) is 3.09. The fourth-order valence-electron chi connectivity index (χ4n) is 1.80. The van der Waals surface area contributed by atoms with Crippen LogP contribution < -0.4 is 5.32 Å². The number of aliphatic hydroxyl groups excluding tert-OH is 1. The third-order valence-electron chi connectivity index (χ3n) is 3.09. The smallest absolute Gasteiger partial charge is 0.208 e. The minimum Gasteiger partial charge on any atom is -0.444 e. The second kappa shape index (κ2) is 6.50. The Labute approximate surface area is 115 Å². The third kappa shape index (κ3) is 4.93. The zero-order valence-electron chi connectivity index (χ0n) is 12.6. The van der Waals surface area contributed by atoms with Crippen molar-refractivity contribution in [2.75, 3.05) is 20.3 Å². The SMILES string of the molecule is COCC(C)(CCO)NCc1ncc(C(C)(C)C)o1. The predicted molar refractivity (Wildman–Crippen MR) is 74.0 cm³/mol. The van der Waals surface area contributed by atoms with E-state index in [-0.39, 0.29) is 17.6 Å². The lowest BCUT2D eigenvalue weighted by Gasteiger charge is -2.29. The molecule has 1 aromatic rings. The molecule has 19 heavy (non-hydrogen) atoms. The lowest BCUT2D eigenvalue weighted by Crippen LogP contribution is -2.46. The molecule has 0 saturated heterocycles. The van der Waals surface area contributed by atoms with Crippen LogP contribution in [-0.2, 0) is 16.7 Å². The number of aromatic nitrogens is 1. The zero-order valence-corrected chi connectivity index (χ0v) is 12.6. The average molecular weight is 270 g/mol. The van der Waals surface area contributed by atoms with Gasteiger partial charge in [0.1, 0.15) is 5.76 Å². The standard InChI is InChI=1S/C14H26N2O3/c1-13(2,3)11-8-15-12(19-11)9-16-14(4,6-7-17)10-18-5/h8,16-17H,6-7,9-10H2,1-5H3. The van der Waals surface area contributed by atoms with Crippen LogP contribution in [-0.4, -0.2) is 36.0 Å². The Morgan fingerprint density at radius 1 is 1.37 bits per heavy atom. The molecule has 0 aliphatic carbocycles. The Bertz CT molecular complexity index is 376. The number of nitrogens with zero attached hydrogens (tertiary/aromatic N) is 1. The van der Waals surface area contributed by atoms with Crippen LogP contribution in [0.25, 0.3) is 0 Å². The van der Waals surface area contributed by atoms with Crippen molar-refractivity contribution < 1.29 is 14.3 Å². The lowest BCUT2D eigenvalue weighted by molar-refractivity contribution is 0.0951. The first kappa shape index (κ1) is 16.1.